The molecule has 1 aromatic carbocycles. The third kappa shape index (κ3) is 4.91. The Morgan fingerprint density at radius 2 is 2.03 bits per heavy atom. The molecule has 3 saturated heterocycles. The Morgan fingerprint density at radius 1 is 1.26 bits per heavy atom. The molecule has 0 aromatic heterocycles. The van der Waals surface area contributed by atoms with Crippen molar-refractivity contribution in [2.45, 2.75) is 55.1 Å². The van der Waals surface area contributed by atoms with Gasteiger partial charge < -0.3 is 19.6 Å². The molecule has 206 valence electrons. The minimum atomic E-state index is -0.765. The molecule has 38 heavy (non-hydrogen) atoms. The molecule has 2 amide bonds. The molecular weight excluding hydrogens is 524 g/mol. The second-order valence-electron chi connectivity index (χ2n) is 10.3. The molecule has 0 aliphatic carbocycles. The quantitative estimate of drug-likeness (QED) is 0.217. The van der Waals surface area contributed by atoms with Crippen LogP contribution in [0, 0.1) is 17.8 Å². The lowest BCUT2D eigenvalue weighted by molar-refractivity contribution is -0.154. The smallest absolute Gasteiger partial charge is 0.310 e. The van der Waals surface area contributed by atoms with E-state index in [1.165, 1.54) is 0 Å². The minimum absolute atomic E-state index is 0.00428. The number of carbonyl (C=O) groups excluding carboxylic acids is 3. The molecule has 3 unspecified atom stereocenters. The average molecular weight is 561 g/mol. The van der Waals surface area contributed by atoms with Crippen LogP contribution in [0.3, 0.4) is 0 Å². The number of amides is 2. The zero-order valence-corrected chi connectivity index (χ0v) is 23.5. The van der Waals surface area contributed by atoms with E-state index in [4.69, 9.17) is 16.3 Å². The van der Waals surface area contributed by atoms with Crippen molar-refractivity contribution < 1.29 is 24.2 Å². The third-order valence-electron chi connectivity index (χ3n) is 8.08. The number of carbonyl (C=O) groups is 3. The summed E-state index contributed by atoms with van der Waals surface area (Å²) in [6, 6.07) is 6.38. The van der Waals surface area contributed by atoms with Gasteiger partial charge in [-0.25, -0.2) is 0 Å². The highest BCUT2D eigenvalue weighted by Crippen LogP contribution is 2.68. The molecule has 1 aromatic rings. The van der Waals surface area contributed by atoms with Crippen molar-refractivity contribution in [2.75, 3.05) is 31.2 Å². The highest BCUT2D eigenvalue weighted by molar-refractivity contribution is 8.02. The van der Waals surface area contributed by atoms with Crippen LogP contribution >= 0.6 is 23.4 Å². The predicted molar refractivity (Wildman–Crippen MR) is 151 cm³/mol. The number of halogens is 1. The fraction of sp³-hybridized carbons (Fsp3) is 0.552. The number of anilines is 1. The highest BCUT2D eigenvalue weighted by atomic mass is 35.5. The lowest BCUT2D eigenvalue weighted by Crippen LogP contribution is -2.57. The number of benzene rings is 1. The number of aliphatic hydroxyl groups is 1. The molecule has 3 aliphatic rings. The summed E-state index contributed by atoms with van der Waals surface area (Å²) in [4.78, 5) is 45.2. The topological polar surface area (TPSA) is 87.2 Å². The zero-order chi connectivity index (χ0) is 27.4. The Kier molecular flexibility index (Phi) is 9.27. The van der Waals surface area contributed by atoms with Crippen LogP contribution < -0.4 is 4.90 Å². The lowest BCUT2D eigenvalue weighted by atomic mass is 9.66. The van der Waals surface area contributed by atoms with Gasteiger partial charge in [0.15, 0.2) is 0 Å². The van der Waals surface area contributed by atoms with Gasteiger partial charge in [0.25, 0.3) is 5.91 Å². The van der Waals surface area contributed by atoms with Crippen LogP contribution in [0.15, 0.2) is 49.6 Å². The highest BCUT2D eigenvalue weighted by Gasteiger charge is 2.76. The van der Waals surface area contributed by atoms with Crippen molar-refractivity contribution in [1.82, 2.24) is 4.90 Å². The van der Waals surface area contributed by atoms with Crippen molar-refractivity contribution in [2.24, 2.45) is 17.8 Å². The Bertz CT molecular complexity index is 1080. The van der Waals surface area contributed by atoms with Gasteiger partial charge in [-0.1, -0.05) is 42.8 Å². The van der Waals surface area contributed by atoms with E-state index >= 15 is 0 Å². The van der Waals surface area contributed by atoms with E-state index in [9.17, 15) is 19.5 Å². The van der Waals surface area contributed by atoms with Crippen LogP contribution in [-0.2, 0) is 19.1 Å². The van der Waals surface area contributed by atoms with Crippen LogP contribution in [0.2, 0.25) is 5.02 Å². The summed E-state index contributed by atoms with van der Waals surface area (Å²) >= 11 is 8.14. The second kappa shape index (κ2) is 12.3. The van der Waals surface area contributed by atoms with E-state index in [2.05, 4.69) is 20.1 Å². The second-order valence-corrected chi connectivity index (χ2v) is 12.3. The minimum Gasteiger partial charge on any atom is -0.465 e. The normalized spacial score (nSPS) is 29.3. The van der Waals surface area contributed by atoms with E-state index in [1.54, 1.807) is 51.9 Å². The summed E-state index contributed by atoms with van der Waals surface area (Å²) in [5.41, 5.74) is 0.560. The van der Waals surface area contributed by atoms with Crippen molar-refractivity contribution in [3.05, 3.63) is 54.6 Å². The number of hydrogen-bond acceptors (Lipinski definition) is 6. The maximum absolute atomic E-state index is 14.5. The van der Waals surface area contributed by atoms with E-state index in [0.29, 0.717) is 36.5 Å². The molecule has 2 bridgehead atoms. The Balaban J connectivity index is 1.73. The summed E-state index contributed by atoms with van der Waals surface area (Å²) in [6.07, 6.45) is 6.67. The Hall–Kier alpha value is -2.29. The zero-order valence-electron chi connectivity index (χ0n) is 21.9. The number of allylic oxidation sites excluding steroid dienone is 1. The van der Waals surface area contributed by atoms with E-state index in [1.807, 2.05) is 6.07 Å². The van der Waals surface area contributed by atoms with Gasteiger partial charge in [0.05, 0.1) is 33.9 Å². The molecule has 4 rings (SSSR count). The molecule has 3 aliphatic heterocycles. The van der Waals surface area contributed by atoms with Crippen molar-refractivity contribution >= 4 is 46.8 Å². The molecule has 3 fully saturated rings. The van der Waals surface area contributed by atoms with Gasteiger partial charge in [0.2, 0.25) is 5.91 Å². The fourth-order valence-electron chi connectivity index (χ4n) is 6.45. The molecule has 1 N–H and O–H groups in total. The number of esters is 1. The number of rotatable bonds is 13. The standard InChI is InChI=1S/C29H37ClN2O5S/c1-4-6-11-17-37-28(36)23-22-18-19(3)29(38-22)24(23)26(34)32(15-9-10-16-33)25(29)27(35)31(14-5-2)21-13-8-7-12-20(21)30/h4-5,7-8,12-13,19,22-25,33H,1-2,6,9-11,14-18H2,3H3/t19?,22-,23+,24-,25?,29?/m0/s1. The first-order valence-corrected chi connectivity index (χ1v) is 14.6. The van der Waals surface area contributed by atoms with Gasteiger partial charge in [-0.3, -0.25) is 14.4 Å². The number of nitrogens with zero attached hydrogens (tertiary/aromatic N) is 2. The number of thioether (sulfide) groups is 1. The summed E-state index contributed by atoms with van der Waals surface area (Å²) in [7, 11) is 0. The van der Waals surface area contributed by atoms with Crippen LogP contribution in [0.5, 0.6) is 0 Å². The maximum Gasteiger partial charge on any atom is 0.310 e. The summed E-state index contributed by atoms with van der Waals surface area (Å²) in [6.45, 7) is 10.5. The number of hydrogen-bond donors (Lipinski definition) is 1. The number of likely N-dealkylation sites (tertiary alicyclic amines) is 1. The van der Waals surface area contributed by atoms with Gasteiger partial charge in [0.1, 0.15) is 6.04 Å². The van der Waals surface area contributed by atoms with Crippen molar-refractivity contribution in [1.29, 1.82) is 0 Å². The van der Waals surface area contributed by atoms with Crippen molar-refractivity contribution in [3.8, 4) is 0 Å². The molecule has 9 heteroatoms. The third-order valence-corrected chi connectivity index (χ3v) is 10.5. The molecule has 1 spiro atoms. The number of unbranched alkanes of at least 4 members (excludes halogenated alkanes) is 2. The average Bonchev–Trinajstić information content (AvgIpc) is 3.49. The summed E-state index contributed by atoms with van der Waals surface area (Å²) in [5, 5.41) is 9.75. The number of fused-ring (bicyclic) bond motifs is 1. The fourth-order valence-corrected chi connectivity index (χ4v) is 9.09. The number of para-hydroxylation sites is 1. The molecule has 3 heterocycles. The molecular formula is C29H37ClN2O5S. The van der Waals surface area contributed by atoms with Gasteiger partial charge in [-0.05, 0) is 50.2 Å². The number of ether oxygens (including phenoxy) is 1. The largest absolute Gasteiger partial charge is 0.465 e. The van der Waals surface area contributed by atoms with Gasteiger partial charge >= 0.3 is 5.97 Å². The monoisotopic (exact) mass is 560 g/mol. The number of aliphatic hydroxyl groups excluding tert-OH is 1. The van der Waals surface area contributed by atoms with Crippen LogP contribution in [0.4, 0.5) is 5.69 Å². The van der Waals surface area contributed by atoms with Crippen LogP contribution in [0.1, 0.15) is 39.0 Å². The van der Waals surface area contributed by atoms with Crippen LogP contribution in [-0.4, -0.2) is 70.1 Å². The molecule has 0 saturated carbocycles. The van der Waals surface area contributed by atoms with Gasteiger partial charge in [-0.2, -0.15) is 0 Å². The lowest BCUT2D eigenvalue weighted by Gasteiger charge is -2.40. The maximum atomic E-state index is 14.5. The van der Waals surface area contributed by atoms with E-state index < -0.39 is 22.6 Å². The first-order valence-electron chi connectivity index (χ1n) is 13.4. The Morgan fingerprint density at radius 3 is 2.71 bits per heavy atom. The first kappa shape index (κ1) is 28.7. The summed E-state index contributed by atoms with van der Waals surface area (Å²) < 4.78 is 4.89. The van der Waals surface area contributed by atoms with Gasteiger partial charge in [-0.15, -0.1) is 24.9 Å². The van der Waals surface area contributed by atoms with E-state index in [0.717, 1.165) is 12.8 Å². The predicted octanol–water partition coefficient (Wildman–Crippen LogP) is 4.48. The van der Waals surface area contributed by atoms with E-state index in [-0.39, 0.29) is 48.7 Å². The molecule has 0 radical (unpaired) electrons. The molecule has 6 atom stereocenters. The Labute approximate surface area is 234 Å². The van der Waals surface area contributed by atoms with Crippen LogP contribution in [0.25, 0.3) is 0 Å². The SMILES string of the molecule is C=CCCCOC(=O)[C@@H]1[C@@H]2CC(C)C3(S2)C(C(=O)N(CC=C)c2ccccc2Cl)N(CCCCO)C(=O)[C@H]13. The summed E-state index contributed by atoms with van der Waals surface area (Å²) in [5.74, 6) is -1.92. The molecule has 7 nitrogen and oxygen atoms in total. The first-order chi connectivity index (χ1) is 18.3. The van der Waals surface area contributed by atoms with Crippen molar-refractivity contribution in [3.63, 3.8) is 0 Å². The van der Waals surface area contributed by atoms with Gasteiger partial charge in [0, 0.05) is 24.9 Å².